The largest absolute Gasteiger partial charge is 0.394 e. The summed E-state index contributed by atoms with van der Waals surface area (Å²) in [5.74, 6) is -0.360. The van der Waals surface area contributed by atoms with Crippen LogP contribution >= 0.6 is 0 Å². The number of ether oxygens (including phenoxy) is 5. The molecule has 18 N–H and O–H groups in total. The molecule has 0 aromatic rings. The first-order valence-corrected chi connectivity index (χ1v) is 13.3. The lowest BCUT2D eigenvalue weighted by Crippen LogP contribution is -2.70. The molecule has 0 spiro atoms. The minimum atomic E-state index is -1.62. The summed E-state index contributed by atoms with van der Waals surface area (Å²) in [6.45, 7) is -0.583. The Morgan fingerprint density at radius 3 is 2.15 bits per heavy atom. The van der Waals surface area contributed by atoms with Crippen molar-refractivity contribution in [3.63, 3.8) is 0 Å². The van der Waals surface area contributed by atoms with Gasteiger partial charge in [0, 0.05) is 12.1 Å². The Labute approximate surface area is 230 Å². The number of nitrogens with two attached hydrogens (primary N) is 6. The molecule has 18 heteroatoms. The topological polar surface area (TPSA) is 328 Å². The number of hydrogen-bond donors (Lipinski definition) is 12. The predicted molar refractivity (Wildman–Crippen MR) is 137 cm³/mol. The average molecular weight is 581 g/mol. The van der Waals surface area contributed by atoms with Crippen molar-refractivity contribution in [2.45, 2.75) is 117 Å². The molecule has 0 bridgehead atoms. The molecule has 1 saturated carbocycles. The van der Waals surface area contributed by atoms with Gasteiger partial charge in [0.2, 0.25) is 0 Å². The van der Waals surface area contributed by atoms with Gasteiger partial charge in [-0.05, 0) is 19.9 Å². The maximum absolute atomic E-state index is 11.2. The molecule has 0 amide bonds. The first-order valence-electron chi connectivity index (χ1n) is 13.3. The zero-order chi connectivity index (χ0) is 29.5. The van der Waals surface area contributed by atoms with E-state index in [-0.39, 0.29) is 18.8 Å². The number of nitrogens with one attached hydrogen (secondary N) is 1. The minimum absolute atomic E-state index is 0.171. The number of aliphatic hydroxyl groups excluding tert-OH is 5. The van der Waals surface area contributed by atoms with Gasteiger partial charge >= 0.3 is 0 Å². The van der Waals surface area contributed by atoms with Crippen LogP contribution in [0.15, 0.2) is 4.99 Å². The molecule has 0 aromatic heterocycles. The van der Waals surface area contributed by atoms with E-state index in [0.29, 0.717) is 0 Å². The summed E-state index contributed by atoms with van der Waals surface area (Å²) in [5.41, 5.74) is 35.3. The molecule has 3 aliphatic heterocycles. The fraction of sp³-hybridized carbons (Fsp3) is 0.955. The van der Waals surface area contributed by atoms with Gasteiger partial charge in [0.25, 0.3) is 0 Å². The van der Waals surface area contributed by atoms with Crippen molar-refractivity contribution in [1.29, 1.82) is 0 Å². The number of nitrogens with zero attached hydrogens (tertiary/aromatic N) is 1. The zero-order valence-corrected chi connectivity index (χ0v) is 22.1. The molecule has 3 saturated heterocycles. The summed E-state index contributed by atoms with van der Waals surface area (Å²) in [4.78, 5) is 3.83. The summed E-state index contributed by atoms with van der Waals surface area (Å²) in [7, 11) is 1.56. The van der Waals surface area contributed by atoms with Crippen LogP contribution in [0, 0.1) is 0 Å². The summed E-state index contributed by atoms with van der Waals surface area (Å²) in [6.07, 6.45) is -12.2. The van der Waals surface area contributed by atoms with Gasteiger partial charge in [0.1, 0.15) is 36.6 Å². The molecule has 4 rings (SSSR count). The van der Waals surface area contributed by atoms with Crippen LogP contribution in [0.3, 0.4) is 0 Å². The molecule has 232 valence electrons. The quantitative estimate of drug-likeness (QED) is 0.0982. The van der Waals surface area contributed by atoms with Gasteiger partial charge < -0.3 is 88.9 Å². The Morgan fingerprint density at radius 1 is 0.825 bits per heavy atom. The third-order valence-electron chi connectivity index (χ3n) is 8.04. The lowest BCUT2D eigenvalue weighted by molar-refractivity contribution is -0.372. The third kappa shape index (κ3) is 6.21. The molecular formula is C22H44N8O10. The zero-order valence-electron chi connectivity index (χ0n) is 22.1. The predicted octanol–water partition coefficient (Wildman–Crippen LogP) is -7.67. The van der Waals surface area contributed by atoms with Gasteiger partial charge in [-0.3, -0.25) is 0 Å². The van der Waals surface area contributed by atoms with Crippen LogP contribution in [0.5, 0.6) is 0 Å². The molecule has 4 fully saturated rings. The number of likely N-dealkylation sites (N-methyl/N-ethyl adjacent to an activating group) is 1. The Bertz CT molecular complexity index is 871. The third-order valence-corrected chi connectivity index (χ3v) is 8.04. The molecular weight excluding hydrogens is 536 g/mol. The highest BCUT2D eigenvalue weighted by atomic mass is 16.8. The SMILES string of the molecule is CNC1C(O[C@H]2OC(CO)[C@@H](N=C(N)N)[C@H](O)C2O)O[C@H]2CC(N)[C@@H](O[C@@H]3C(N)C[C@@H](N)C(O)[C@H]3N)OC2C1O. The highest BCUT2D eigenvalue weighted by molar-refractivity contribution is 5.76. The molecule has 4 aliphatic rings. The number of aliphatic hydroxyl groups is 5. The molecule has 18 nitrogen and oxygen atoms in total. The number of hydrogen-bond acceptors (Lipinski definition) is 16. The van der Waals surface area contributed by atoms with Gasteiger partial charge in [-0.15, -0.1) is 0 Å². The van der Waals surface area contributed by atoms with Crippen molar-refractivity contribution in [1.82, 2.24) is 5.32 Å². The molecule has 17 atom stereocenters. The van der Waals surface area contributed by atoms with Gasteiger partial charge in [-0.2, -0.15) is 0 Å². The van der Waals surface area contributed by atoms with Crippen LogP contribution in [0.4, 0.5) is 0 Å². The Kier molecular flexibility index (Phi) is 10.2. The fourth-order valence-electron chi connectivity index (χ4n) is 5.81. The average Bonchev–Trinajstić information content (AvgIpc) is 2.90. The van der Waals surface area contributed by atoms with Gasteiger partial charge in [-0.1, -0.05) is 0 Å². The maximum Gasteiger partial charge on any atom is 0.189 e. The van der Waals surface area contributed by atoms with E-state index in [1.54, 1.807) is 7.05 Å². The Hall–Kier alpha value is -1.33. The van der Waals surface area contributed by atoms with E-state index in [1.807, 2.05) is 0 Å². The van der Waals surface area contributed by atoms with E-state index in [2.05, 4.69) is 10.3 Å². The van der Waals surface area contributed by atoms with Crippen LogP contribution in [0.25, 0.3) is 0 Å². The van der Waals surface area contributed by atoms with E-state index in [1.165, 1.54) is 0 Å². The molecule has 0 radical (unpaired) electrons. The standard InChI is InChI=1S/C22H44N8O10/c1-29-12-15(34)18-8(3-7(25)19(39-18)38-17-6(24)2-5(23)13(32)10(17)26)36-20(12)40-21-16(35)14(33)11(30-22(27)28)9(4-31)37-21/h5-21,29,31-35H,2-4,23-26H2,1H3,(H4,27,28,30)/t5-,6?,7?,8+,9?,10-,11-,12?,13?,14+,15?,16?,17-,18?,19+,20?,21-/m1/s1. The Balaban J connectivity index is 1.44. The lowest BCUT2D eigenvalue weighted by Gasteiger charge is -2.51. The monoisotopic (exact) mass is 580 g/mol. The second-order valence-corrected chi connectivity index (χ2v) is 10.8. The number of aliphatic imine (C=N–C) groups is 1. The summed E-state index contributed by atoms with van der Waals surface area (Å²) in [6, 6.07) is -4.79. The van der Waals surface area contributed by atoms with E-state index < -0.39 is 111 Å². The fourth-order valence-corrected chi connectivity index (χ4v) is 5.81. The number of rotatable bonds is 7. The van der Waals surface area contributed by atoms with E-state index in [0.717, 1.165) is 0 Å². The summed E-state index contributed by atoms with van der Waals surface area (Å²) in [5, 5.41) is 55.4. The maximum atomic E-state index is 11.2. The molecule has 40 heavy (non-hydrogen) atoms. The van der Waals surface area contributed by atoms with Crippen LogP contribution in [0.1, 0.15) is 12.8 Å². The van der Waals surface area contributed by atoms with Crippen molar-refractivity contribution in [2.24, 2.45) is 39.4 Å². The van der Waals surface area contributed by atoms with E-state index in [4.69, 9.17) is 58.1 Å². The van der Waals surface area contributed by atoms with Crippen molar-refractivity contribution in [3.8, 4) is 0 Å². The van der Waals surface area contributed by atoms with E-state index in [9.17, 15) is 25.5 Å². The highest BCUT2D eigenvalue weighted by Gasteiger charge is 2.54. The molecule has 0 aromatic carbocycles. The van der Waals surface area contributed by atoms with Crippen molar-refractivity contribution >= 4 is 5.96 Å². The minimum Gasteiger partial charge on any atom is -0.394 e. The Morgan fingerprint density at radius 2 is 1.52 bits per heavy atom. The number of fused-ring (bicyclic) bond motifs is 1. The first kappa shape index (κ1) is 31.6. The van der Waals surface area contributed by atoms with E-state index >= 15 is 0 Å². The molecule has 1 aliphatic carbocycles. The lowest BCUT2D eigenvalue weighted by atomic mass is 9.83. The summed E-state index contributed by atoms with van der Waals surface area (Å²) >= 11 is 0. The van der Waals surface area contributed by atoms with Gasteiger partial charge in [0.05, 0.1) is 43.0 Å². The highest BCUT2D eigenvalue weighted by Crippen LogP contribution is 2.35. The molecule has 9 unspecified atom stereocenters. The number of guanidine groups is 1. The smallest absolute Gasteiger partial charge is 0.189 e. The normalized spacial score (nSPS) is 51.6. The second-order valence-electron chi connectivity index (χ2n) is 10.8. The molecule has 3 heterocycles. The van der Waals surface area contributed by atoms with Crippen molar-refractivity contribution in [2.75, 3.05) is 13.7 Å². The second kappa shape index (κ2) is 12.9. The summed E-state index contributed by atoms with van der Waals surface area (Å²) < 4.78 is 29.6. The van der Waals surface area contributed by atoms with Crippen LogP contribution < -0.4 is 39.7 Å². The van der Waals surface area contributed by atoms with Crippen LogP contribution in [0.2, 0.25) is 0 Å². The van der Waals surface area contributed by atoms with Crippen LogP contribution in [-0.4, -0.2) is 149 Å². The van der Waals surface area contributed by atoms with Crippen LogP contribution in [-0.2, 0) is 23.7 Å². The van der Waals surface area contributed by atoms with Crippen molar-refractivity contribution < 1.29 is 49.2 Å². The van der Waals surface area contributed by atoms with Gasteiger partial charge in [-0.25, -0.2) is 4.99 Å². The first-order chi connectivity index (χ1) is 18.9. The van der Waals surface area contributed by atoms with Crippen molar-refractivity contribution in [3.05, 3.63) is 0 Å². The van der Waals surface area contributed by atoms with Gasteiger partial charge in [0.15, 0.2) is 24.8 Å².